The highest BCUT2D eigenvalue weighted by molar-refractivity contribution is 6.00. The van der Waals surface area contributed by atoms with E-state index >= 15 is 0 Å². The molecule has 2 aliphatic rings. The lowest BCUT2D eigenvalue weighted by Crippen LogP contribution is -2.38. The second-order valence-electron chi connectivity index (χ2n) is 8.32. The largest absolute Gasteiger partial charge is 0.493 e. The summed E-state index contributed by atoms with van der Waals surface area (Å²) in [6.07, 6.45) is 6.23. The Morgan fingerprint density at radius 1 is 1.17 bits per heavy atom. The maximum absolute atomic E-state index is 12.6. The van der Waals surface area contributed by atoms with E-state index in [0.29, 0.717) is 30.6 Å². The van der Waals surface area contributed by atoms with Crippen LogP contribution in [-0.4, -0.2) is 63.2 Å². The molecule has 30 heavy (non-hydrogen) atoms. The Labute approximate surface area is 179 Å². The molecule has 2 heterocycles. The van der Waals surface area contributed by atoms with Gasteiger partial charge in [0, 0.05) is 37.3 Å². The quantitative estimate of drug-likeness (QED) is 0.626. The number of likely N-dealkylation sites (tertiary alicyclic amines) is 1. The Hall–Kier alpha value is -2.28. The number of hydrogen-bond acceptors (Lipinski definition) is 5. The molecule has 2 amide bonds. The van der Waals surface area contributed by atoms with Crippen LogP contribution in [-0.2, 0) is 9.59 Å². The second kappa shape index (κ2) is 10.7. The third kappa shape index (κ3) is 5.45. The predicted molar refractivity (Wildman–Crippen MR) is 117 cm³/mol. The van der Waals surface area contributed by atoms with Crippen molar-refractivity contribution in [2.24, 2.45) is 5.92 Å². The van der Waals surface area contributed by atoms with Crippen molar-refractivity contribution < 1.29 is 19.1 Å². The van der Waals surface area contributed by atoms with Crippen molar-refractivity contribution in [1.29, 1.82) is 0 Å². The average molecular weight is 418 g/mol. The molecule has 1 aromatic rings. The fourth-order valence-electron chi connectivity index (χ4n) is 4.41. The van der Waals surface area contributed by atoms with E-state index in [0.717, 1.165) is 25.1 Å². The molecule has 2 saturated heterocycles. The van der Waals surface area contributed by atoms with Crippen LogP contribution < -0.4 is 19.7 Å². The van der Waals surface area contributed by atoms with Crippen LogP contribution in [0.3, 0.4) is 0 Å². The van der Waals surface area contributed by atoms with E-state index in [1.54, 1.807) is 31.3 Å². The van der Waals surface area contributed by atoms with Gasteiger partial charge in [-0.1, -0.05) is 6.42 Å². The monoisotopic (exact) mass is 417 g/mol. The minimum Gasteiger partial charge on any atom is -0.493 e. The fraction of sp³-hybridized carbons (Fsp3) is 0.652. The molecule has 166 valence electrons. The van der Waals surface area contributed by atoms with Crippen LogP contribution in [0, 0.1) is 5.92 Å². The van der Waals surface area contributed by atoms with Crippen LogP contribution in [0.4, 0.5) is 5.69 Å². The van der Waals surface area contributed by atoms with Crippen LogP contribution in [0.5, 0.6) is 11.5 Å². The number of rotatable bonds is 9. The first kappa shape index (κ1) is 22.4. The highest BCUT2D eigenvalue weighted by Crippen LogP contribution is 2.34. The molecule has 1 aromatic carbocycles. The summed E-state index contributed by atoms with van der Waals surface area (Å²) in [5, 5.41) is 3.03. The van der Waals surface area contributed by atoms with Gasteiger partial charge in [-0.05, 0) is 57.8 Å². The molecule has 2 unspecified atom stereocenters. The zero-order valence-electron chi connectivity index (χ0n) is 18.5. The van der Waals surface area contributed by atoms with Gasteiger partial charge in [-0.25, -0.2) is 0 Å². The first-order valence-electron chi connectivity index (χ1n) is 11.1. The van der Waals surface area contributed by atoms with Crippen molar-refractivity contribution in [1.82, 2.24) is 10.2 Å². The Morgan fingerprint density at radius 3 is 2.70 bits per heavy atom. The number of carbonyl (C=O) groups excluding carboxylic acids is 2. The number of amides is 2. The van der Waals surface area contributed by atoms with Crippen LogP contribution in [0.2, 0.25) is 0 Å². The lowest BCUT2D eigenvalue weighted by atomic mass is 10.0. The molecule has 2 aliphatic heterocycles. The topological polar surface area (TPSA) is 71.1 Å². The van der Waals surface area contributed by atoms with Gasteiger partial charge in [0.2, 0.25) is 11.8 Å². The molecule has 0 aliphatic carbocycles. The number of piperidine rings is 1. The molecule has 3 rings (SSSR count). The Morgan fingerprint density at radius 2 is 1.97 bits per heavy atom. The van der Waals surface area contributed by atoms with Gasteiger partial charge in [0.25, 0.3) is 0 Å². The van der Waals surface area contributed by atoms with Gasteiger partial charge in [-0.2, -0.15) is 0 Å². The van der Waals surface area contributed by atoms with Crippen molar-refractivity contribution in [3.05, 3.63) is 18.2 Å². The molecular weight excluding hydrogens is 382 g/mol. The number of carbonyl (C=O) groups is 2. The van der Waals surface area contributed by atoms with E-state index < -0.39 is 0 Å². The summed E-state index contributed by atoms with van der Waals surface area (Å²) >= 11 is 0. The Kier molecular flexibility index (Phi) is 7.96. The highest BCUT2D eigenvalue weighted by atomic mass is 16.5. The van der Waals surface area contributed by atoms with E-state index in [1.165, 1.54) is 25.8 Å². The Bertz CT molecular complexity index is 739. The van der Waals surface area contributed by atoms with Crippen LogP contribution in [0.25, 0.3) is 0 Å². The van der Waals surface area contributed by atoms with Gasteiger partial charge in [0.1, 0.15) is 0 Å². The van der Waals surface area contributed by atoms with Gasteiger partial charge in [-0.3, -0.25) is 9.59 Å². The highest BCUT2D eigenvalue weighted by Gasteiger charge is 2.35. The molecule has 7 nitrogen and oxygen atoms in total. The summed E-state index contributed by atoms with van der Waals surface area (Å²) in [6, 6.07) is 6.05. The number of anilines is 1. The first-order chi connectivity index (χ1) is 14.5. The molecule has 0 radical (unpaired) electrons. The maximum Gasteiger partial charge on any atom is 0.227 e. The summed E-state index contributed by atoms with van der Waals surface area (Å²) in [7, 11) is 3.14. The summed E-state index contributed by atoms with van der Waals surface area (Å²) in [6.45, 7) is 5.67. The fourth-order valence-corrected chi connectivity index (χ4v) is 4.41. The average Bonchev–Trinajstić information content (AvgIpc) is 3.15. The van der Waals surface area contributed by atoms with Crippen LogP contribution in [0.15, 0.2) is 18.2 Å². The van der Waals surface area contributed by atoms with Crippen molar-refractivity contribution in [2.75, 3.05) is 45.3 Å². The maximum atomic E-state index is 12.6. The molecule has 1 N–H and O–H groups in total. The van der Waals surface area contributed by atoms with Gasteiger partial charge in [0.15, 0.2) is 11.5 Å². The van der Waals surface area contributed by atoms with Crippen molar-refractivity contribution in [2.45, 2.75) is 51.5 Å². The van der Waals surface area contributed by atoms with Crippen molar-refractivity contribution in [3.8, 4) is 11.5 Å². The SMILES string of the molecule is COc1ccc(N2CC(C(=O)NCCCCN3CCCCC3C)CC2=O)cc1OC. The standard InChI is InChI=1S/C23H35N3O4/c1-17-8-4-6-12-25(17)13-7-5-11-24-23(28)18-14-22(27)26(16-18)19-9-10-20(29-2)21(15-19)30-3/h9-10,15,17-18H,4-8,11-14,16H2,1-3H3,(H,24,28). The minimum absolute atomic E-state index is 0.0299. The molecule has 7 heteroatoms. The zero-order valence-corrected chi connectivity index (χ0v) is 18.5. The van der Waals surface area contributed by atoms with Crippen molar-refractivity contribution in [3.63, 3.8) is 0 Å². The number of nitrogens with one attached hydrogen (secondary N) is 1. The first-order valence-corrected chi connectivity index (χ1v) is 11.1. The molecule has 0 bridgehead atoms. The van der Waals surface area contributed by atoms with Crippen LogP contribution in [0.1, 0.15) is 45.4 Å². The van der Waals surface area contributed by atoms with E-state index in [9.17, 15) is 9.59 Å². The van der Waals surface area contributed by atoms with E-state index in [2.05, 4.69) is 17.1 Å². The number of nitrogens with zero attached hydrogens (tertiary/aromatic N) is 2. The van der Waals surface area contributed by atoms with Gasteiger partial charge in [0.05, 0.1) is 20.1 Å². The Balaban J connectivity index is 1.43. The summed E-state index contributed by atoms with van der Waals surface area (Å²) in [4.78, 5) is 29.3. The molecule has 2 fully saturated rings. The minimum atomic E-state index is -0.312. The zero-order chi connectivity index (χ0) is 21.5. The van der Waals surface area contributed by atoms with Gasteiger partial charge in [-0.15, -0.1) is 0 Å². The molecule has 0 aromatic heterocycles. The third-order valence-electron chi connectivity index (χ3n) is 6.29. The number of unbranched alkanes of at least 4 members (excludes halogenated alkanes) is 1. The molecule has 0 saturated carbocycles. The predicted octanol–water partition coefficient (Wildman–Crippen LogP) is 2.83. The van der Waals surface area contributed by atoms with Gasteiger partial charge >= 0.3 is 0 Å². The smallest absolute Gasteiger partial charge is 0.227 e. The van der Waals surface area contributed by atoms with Crippen LogP contribution >= 0.6 is 0 Å². The van der Waals surface area contributed by atoms with E-state index in [-0.39, 0.29) is 24.2 Å². The number of methoxy groups -OCH3 is 2. The molecule has 0 spiro atoms. The molecular formula is C23H35N3O4. The second-order valence-corrected chi connectivity index (χ2v) is 8.32. The van der Waals surface area contributed by atoms with E-state index in [1.807, 2.05) is 6.07 Å². The number of benzene rings is 1. The lowest BCUT2D eigenvalue weighted by molar-refractivity contribution is -0.126. The summed E-state index contributed by atoms with van der Waals surface area (Å²) in [5.41, 5.74) is 0.726. The normalized spacial score (nSPS) is 22.2. The van der Waals surface area contributed by atoms with Gasteiger partial charge < -0.3 is 24.6 Å². The third-order valence-corrected chi connectivity index (χ3v) is 6.29. The summed E-state index contributed by atoms with van der Waals surface area (Å²) in [5.74, 6) is 0.798. The molecule has 2 atom stereocenters. The number of hydrogen-bond donors (Lipinski definition) is 1. The lowest BCUT2D eigenvalue weighted by Gasteiger charge is -2.33. The van der Waals surface area contributed by atoms with Crippen molar-refractivity contribution >= 4 is 17.5 Å². The summed E-state index contributed by atoms with van der Waals surface area (Å²) < 4.78 is 10.6. The van der Waals surface area contributed by atoms with E-state index in [4.69, 9.17) is 9.47 Å². The number of ether oxygens (including phenoxy) is 2.